The Hall–Kier alpha value is -0.960. The van der Waals surface area contributed by atoms with Crippen LogP contribution < -0.4 is 5.32 Å². The van der Waals surface area contributed by atoms with Gasteiger partial charge in [-0.05, 0) is 6.08 Å². The van der Waals surface area contributed by atoms with Crippen molar-refractivity contribution in [1.29, 1.82) is 0 Å². The lowest BCUT2D eigenvalue weighted by atomic mass is 10.3. The van der Waals surface area contributed by atoms with Gasteiger partial charge in [-0.15, -0.1) is 0 Å². The number of rotatable bonds is 9. The van der Waals surface area contributed by atoms with Gasteiger partial charge in [0.25, 0.3) is 0 Å². The van der Waals surface area contributed by atoms with Gasteiger partial charge in [0.05, 0.1) is 36.5 Å². The SMILES string of the molecule is C=CC(=O)NCCC[N+](C)(C)CC(O)CS(=O)(=O)[O-]. The lowest BCUT2D eigenvalue weighted by molar-refractivity contribution is -0.893. The molecule has 8 heteroatoms. The maximum absolute atomic E-state index is 10.9. The second-order valence-corrected chi connectivity index (χ2v) is 6.52. The van der Waals surface area contributed by atoms with E-state index in [0.29, 0.717) is 24.0 Å². The van der Waals surface area contributed by atoms with E-state index in [2.05, 4.69) is 11.9 Å². The first-order valence-corrected chi connectivity index (χ1v) is 7.47. The average Bonchev–Trinajstić information content (AvgIpc) is 2.20. The van der Waals surface area contributed by atoms with Gasteiger partial charge in [-0.2, -0.15) is 0 Å². The van der Waals surface area contributed by atoms with Crippen molar-refractivity contribution in [3.8, 4) is 0 Å². The predicted molar refractivity (Wildman–Crippen MR) is 70.2 cm³/mol. The lowest BCUT2D eigenvalue weighted by Crippen LogP contribution is -2.48. The zero-order chi connectivity index (χ0) is 15.1. The van der Waals surface area contributed by atoms with Crippen LogP contribution in [0.25, 0.3) is 0 Å². The summed E-state index contributed by atoms with van der Waals surface area (Å²) in [5.41, 5.74) is 0. The molecule has 2 N–H and O–H groups in total. The zero-order valence-corrected chi connectivity index (χ0v) is 12.1. The summed E-state index contributed by atoms with van der Waals surface area (Å²) in [5, 5.41) is 12.1. The Labute approximate surface area is 114 Å². The van der Waals surface area contributed by atoms with E-state index in [1.807, 2.05) is 14.1 Å². The minimum Gasteiger partial charge on any atom is -0.748 e. The van der Waals surface area contributed by atoms with E-state index in [-0.39, 0.29) is 12.5 Å². The van der Waals surface area contributed by atoms with Gasteiger partial charge in [-0.3, -0.25) is 4.79 Å². The number of aliphatic hydroxyl groups is 1. The second-order valence-electron chi connectivity index (χ2n) is 5.07. The van der Waals surface area contributed by atoms with E-state index in [4.69, 9.17) is 0 Å². The summed E-state index contributed by atoms with van der Waals surface area (Å²) in [4.78, 5) is 10.9. The van der Waals surface area contributed by atoms with E-state index in [9.17, 15) is 22.9 Å². The number of carbonyl (C=O) groups excluding carboxylic acids is 1. The van der Waals surface area contributed by atoms with Crippen LogP contribution in [0.1, 0.15) is 6.42 Å². The number of likely N-dealkylation sites (N-methyl/N-ethyl adjacent to an activating group) is 1. The minimum atomic E-state index is -4.41. The van der Waals surface area contributed by atoms with E-state index in [0.717, 1.165) is 0 Å². The quantitative estimate of drug-likeness (QED) is 0.237. The molecular weight excluding hydrogens is 272 g/mol. The van der Waals surface area contributed by atoms with Gasteiger partial charge >= 0.3 is 0 Å². The van der Waals surface area contributed by atoms with Gasteiger partial charge in [0, 0.05) is 13.0 Å². The molecule has 0 aliphatic heterocycles. The van der Waals surface area contributed by atoms with Crippen molar-refractivity contribution in [2.24, 2.45) is 0 Å². The highest BCUT2D eigenvalue weighted by atomic mass is 32.2. The maximum Gasteiger partial charge on any atom is 0.243 e. The van der Waals surface area contributed by atoms with Gasteiger partial charge in [-0.25, -0.2) is 8.42 Å². The summed E-state index contributed by atoms with van der Waals surface area (Å²) in [6.07, 6.45) is 0.673. The molecule has 0 aliphatic rings. The molecule has 0 aromatic carbocycles. The fraction of sp³-hybridized carbons (Fsp3) is 0.727. The molecule has 0 saturated heterocycles. The number of aliphatic hydroxyl groups excluding tert-OH is 1. The van der Waals surface area contributed by atoms with E-state index in [1.54, 1.807) is 0 Å². The Morgan fingerprint density at radius 3 is 2.58 bits per heavy atom. The minimum absolute atomic E-state index is 0.164. The summed E-state index contributed by atoms with van der Waals surface area (Å²) >= 11 is 0. The molecule has 1 atom stereocenters. The molecule has 112 valence electrons. The number of hydrogen-bond donors (Lipinski definition) is 2. The van der Waals surface area contributed by atoms with Crippen LogP contribution in [0.3, 0.4) is 0 Å². The zero-order valence-electron chi connectivity index (χ0n) is 11.3. The predicted octanol–water partition coefficient (Wildman–Crippen LogP) is -1.34. The fourth-order valence-electron chi connectivity index (χ4n) is 1.74. The number of quaternary nitrogens is 1. The third-order valence-electron chi connectivity index (χ3n) is 2.53. The molecule has 0 aliphatic carbocycles. The molecule has 7 nitrogen and oxygen atoms in total. The largest absolute Gasteiger partial charge is 0.748 e. The fourth-order valence-corrected chi connectivity index (χ4v) is 2.32. The Bertz CT molecular complexity index is 405. The highest BCUT2D eigenvalue weighted by Gasteiger charge is 2.21. The van der Waals surface area contributed by atoms with Crippen LogP contribution in [0, 0.1) is 0 Å². The smallest absolute Gasteiger partial charge is 0.243 e. The van der Waals surface area contributed by atoms with Crippen molar-refractivity contribution < 1.29 is 27.4 Å². The highest BCUT2D eigenvalue weighted by Crippen LogP contribution is 2.03. The lowest BCUT2D eigenvalue weighted by Gasteiger charge is -2.32. The number of nitrogens with one attached hydrogen (secondary N) is 1. The summed E-state index contributed by atoms with van der Waals surface area (Å²) < 4.78 is 31.9. The molecule has 0 rings (SSSR count). The summed E-state index contributed by atoms with van der Waals surface area (Å²) in [6.45, 7) is 4.60. The molecule has 1 amide bonds. The average molecular weight is 294 g/mol. The van der Waals surface area contributed by atoms with Crippen molar-refractivity contribution in [2.45, 2.75) is 12.5 Å². The highest BCUT2D eigenvalue weighted by molar-refractivity contribution is 7.85. The standard InChI is InChI=1S/C11H22N2O5S/c1-4-11(15)12-6-5-7-13(2,3)8-10(14)9-19(16,17)18/h4,10,14H,1,5-9H2,2-3H3,(H-,12,15,16,17,18). The Morgan fingerprint density at radius 1 is 1.53 bits per heavy atom. The van der Waals surface area contributed by atoms with E-state index >= 15 is 0 Å². The van der Waals surface area contributed by atoms with Gasteiger partial charge in [0.15, 0.2) is 0 Å². The van der Waals surface area contributed by atoms with Crippen LogP contribution >= 0.6 is 0 Å². The molecule has 0 bridgehead atoms. The maximum atomic E-state index is 10.9. The third kappa shape index (κ3) is 10.6. The van der Waals surface area contributed by atoms with Crippen molar-refractivity contribution in [3.63, 3.8) is 0 Å². The molecule has 0 spiro atoms. The Kier molecular flexibility index (Phi) is 7.20. The summed E-state index contributed by atoms with van der Waals surface area (Å²) in [5.74, 6) is -1.02. The molecule has 0 fully saturated rings. The van der Waals surface area contributed by atoms with E-state index < -0.39 is 22.0 Å². The molecule has 0 aromatic rings. The summed E-state index contributed by atoms with van der Waals surface area (Å²) in [7, 11) is -0.783. The number of hydrogen-bond acceptors (Lipinski definition) is 5. The molecule has 0 heterocycles. The van der Waals surface area contributed by atoms with Crippen molar-refractivity contribution >= 4 is 16.0 Å². The Balaban J connectivity index is 4.04. The van der Waals surface area contributed by atoms with Gasteiger partial charge in [0.2, 0.25) is 5.91 Å². The van der Waals surface area contributed by atoms with Gasteiger partial charge < -0.3 is 19.5 Å². The molecular formula is C11H22N2O5S. The van der Waals surface area contributed by atoms with Crippen molar-refractivity contribution in [1.82, 2.24) is 5.32 Å². The summed E-state index contributed by atoms with van der Waals surface area (Å²) in [6, 6.07) is 0. The van der Waals surface area contributed by atoms with Crippen molar-refractivity contribution in [3.05, 3.63) is 12.7 Å². The first kappa shape index (κ1) is 18.0. The van der Waals surface area contributed by atoms with Crippen LogP contribution in [-0.4, -0.2) is 74.1 Å². The molecule has 0 aromatic heterocycles. The molecule has 1 unspecified atom stereocenters. The number of nitrogens with zero attached hydrogens (tertiary/aromatic N) is 1. The third-order valence-corrected chi connectivity index (χ3v) is 3.32. The first-order chi connectivity index (χ1) is 8.56. The second kappa shape index (κ2) is 7.59. The van der Waals surface area contributed by atoms with Crippen LogP contribution in [0.5, 0.6) is 0 Å². The van der Waals surface area contributed by atoms with Crippen molar-refractivity contribution in [2.75, 3.05) is 39.5 Å². The van der Waals surface area contributed by atoms with Gasteiger partial charge in [0.1, 0.15) is 12.6 Å². The van der Waals surface area contributed by atoms with E-state index in [1.165, 1.54) is 6.08 Å². The van der Waals surface area contributed by atoms with Crippen LogP contribution in [0.15, 0.2) is 12.7 Å². The Morgan fingerprint density at radius 2 is 2.11 bits per heavy atom. The van der Waals surface area contributed by atoms with Crippen LogP contribution in [-0.2, 0) is 14.9 Å². The molecule has 0 radical (unpaired) electrons. The number of amides is 1. The first-order valence-electron chi connectivity index (χ1n) is 5.89. The van der Waals surface area contributed by atoms with Crippen LogP contribution in [0.4, 0.5) is 0 Å². The molecule has 0 saturated carbocycles. The van der Waals surface area contributed by atoms with Gasteiger partial charge in [-0.1, -0.05) is 6.58 Å². The monoisotopic (exact) mass is 294 g/mol. The topological polar surface area (TPSA) is 107 Å². The van der Waals surface area contributed by atoms with Crippen LogP contribution in [0.2, 0.25) is 0 Å². The molecule has 19 heavy (non-hydrogen) atoms. The normalized spacial score (nSPS) is 13.9. The number of carbonyl (C=O) groups is 1.